The van der Waals surface area contributed by atoms with Crippen molar-refractivity contribution in [2.75, 3.05) is 19.6 Å². The third-order valence-electron chi connectivity index (χ3n) is 2.10. The van der Waals surface area contributed by atoms with Gasteiger partial charge in [-0.1, -0.05) is 0 Å². The second-order valence-corrected chi connectivity index (χ2v) is 3.05. The molecule has 0 bridgehead atoms. The van der Waals surface area contributed by atoms with E-state index in [9.17, 15) is 0 Å². The van der Waals surface area contributed by atoms with Crippen LogP contribution in [-0.4, -0.2) is 24.5 Å². The largest absolute Gasteiger partial charge is 0.358 e. The monoisotopic (exact) mass is 343 g/mol. The third-order valence-corrected chi connectivity index (χ3v) is 2.10. The molecule has 0 radical (unpaired) electrons. The molecule has 1 heterocycles. The van der Waals surface area contributed by atoms with Gasteiger partial charge in [0.05, 0.1) is 0 Å². The predicted molar refractivity (Wildman–Crippen MR) is 92.8 cm³/mol. The molecular formula is C15H31Cl2NTi-6. The summed E-state index contributed by atoms with van der Waals surface area (Å²) in [6.45, 7) is 7.36. The molecule has 120 valence electrons. The summed E-state index contributed by atoms with van der Waals surface area (Å²) in [7, 11) is 0. The molecule has 0 spiro atoms. The number of halogens is 2. The molecule has 0 amide bonds. The second-order valence-electron chi connectivity index (χ2n) is 3.05. The van der Waals surface area contributed by atoms with Crippen molar-refractivity contribution in [3.63, 3.8) is 0 Å². The first-order valence-corrected chi connectivity index (χ1v) is 4.67. The molecule has 0 unspecified atom stereocenters. The summed E-state index contributed by atoms with van der Waals surface area (Å²) in [4.78, 5) is 2.38. The Kier molecular flexibility index (Phi) is 70.2. The minimum absolute atomic E-state index is 0. The van der Waals surface area contributed by atoms with Gasteiger partial charge in [-0.25, -0.2) is 12.2 Å². The molecule has 4 heteroatoms. The molecule has 0 atom stereocenters. The molecule has 1 aliphatic carbocycles. The van der Waals surface area contributed by atoms with E-state index < -0.39 is 0 Å². The van der Waals surface area contributed by atoms with Crippen LogP contribution in [0.25, 0.3) is 0 Å². The summed E-state index contributed by atoms with van der Waals surface area (Å²) in [5.41, 5.74) is 0. The molecule has 0 aromatic rings. The molecule has 19 heavy (non-hydrogen) atoms. The summed E-state index contributed by atoms with van der Waals surface area (Å²) in [6, 6.07) is 0. The number of rotatable bonds is 1. The van der Waals surface area contributed by atoms with E-state index in [1.165, 1.54) is 25.9 Å². The summed E-state index contributed by atoms with van der Waals surface area (Å²) >= 11 is 0. The van der Waals surface area contributed by atoms with Gasteiger partial charge in [-0.2, -0.15) is 6.08 Å². The quantitative estimate of drug-likeness (QED) is 0.485. The van der Waals surface area contributed by atoms with Crippen LogP contribution in [0.1, 0.15) is 19.3 Å². The van der Waals surface area contributed by atoms with Crippen LogP contribution in [0.5, 0.6) is 0 Å². The molecule has 2 rings (SSSR count). The zero-order chi connectivity index (χ0) is 8.65. The van der Waals surface area contributed by atoms with Crippen LogP contribution in [0.15, 0.2) is 18.2 Å². The molecule has 0 N–H and O–H groups in total. The summed E-state index contributed by atoms with van der Waals surface area (Å²) < 4.78 is 0. The van der Waals surface area contributed by atoms with Gasteiger partial charge >= 0.3 is 0 Å². The van der Waals surface area contributed by atoms with Crippen molar-refractivity contribution in [1.82, 2.24) is 4.90 Å². The van der Waals surface area contributed by atoms with E-state index in [2.05, 4.69) is 24.0 Å². The Hall–Kier alpha value is 0.734. The smallest absolute Gasteiger partial charge is 0 e. The average molecular weight is 344 g/mol. The van der Waals surface area contributed by atoms with Crippen LogP contribution in [0, 0.1) is 42.7 Å². The summed E-state index contributed by atoms with van der Waals surface area (Å²) in [5, 5.41) is 0. The van der Waals surface area contributed by atoms with E-state index >= 15 is 0 Å². The van der Waals surface area contributed by atoms with E-state index in [0.717, 1.165) is 13.0 Å². The molecule has 1 fully saturated rings. The Morgan fingerprint density at radius 2 is 1.47 bits per heavy atom. The van der Waals surface area contributed by atoms with Crippen LogP contribution >= 0.6 is 24.8 Å². The van der Waals surface area contributed by atoms with E-state index in [1.54, 1.807) is 0 Å². The van der Waals surface area contributed by atoms with Crippen molar-refractivity contribution in [3.8, 4) is 0 Å². The van der Waals surface area contributed by atoms with Crippen molar-refractivity contribution < 1.29 is 21.7 Å². The summed E-state index contributed by atoms with van der Waals surface area (Å²) in [5.74, 6) is 0. The van der Waals surface area contributed by atoms with E-state index in [4.69, 9.17) is 0 Å². The minimum Gasteiger partial charge on any atom is -0.358 e. The Morgan fingerprint density at radius 1 is 1.00 bits per heavy atom. The van der Waals surface area contributed by atoms with Crippen molar-refractivity contribution in [3.05, 3.63) is 60.9 Å². The Balaban J connectivity index is -0.0000000226. The fourth-order valence-corrected chi connectivity index (χ4v) is 1.35. The minimum atomic E-state index is 0. The first-order valence-electron chi connectivity index (χ1n) is 4.67. The van der Waals surface area contributed by atoms with Crippen LogP contribution in [0.2, 0.25) is 0 Å². The topological polar surface area (TPSA) is 3.24 Å². The fraction of sp³-hybridized carbons (Fsp3) is 0.400. The van der Waals surface area contributed by atoms with Crippen LogP contribution in [0.4, 0.5) is 0 Å². The maximum absolute atomic E-state index is 3.79. The van der Waals surface area contributed by atoms with Crippen molar-refractivity contribution in [1.29, 1.82) is 0 Å². The molecule has 0 aromatic carbocycles. The van der Waals surface area contributed by atoms with Gasteiger partial charge in [-0.3, -0.25) is 6.08 Å². The van der Waals surface area contributed by atoms with Crippen LogP contribution < -0.4 is 0 Å². The first-order chi connectivity index (χ1) is 5.93. The Morgan fingerprint density at radius 3 is 1.63 bits per heavy atom. The number of nitrogens with zero attached hydrogens (tertiary/aromatic N) is 1. The number of hydrogen-bond donors (Lipinski definition) is 0. The SMILES string of the molecule is Cl.Cl.[C-]1=CC=CC1.[CH2-]CN1CCCC1.[CH3-].[CH3-].[CH3-].[CH3-].[Ti]. The molecule has 1 nitrogen and oxygen atoms in total. The zero-order valence-electron chi connectivity index (χ0n) is 12.9. The standard InChI is InChI=1S/C6H12N.C5H5.4CH3.2ClH.Ti/c1-2-7-5-3-4-6-7;1-2-4-5-3-1;;;;;;;/h1-6H2;1-3H,4H2;4*1H3;2*1H;/q6*-1;;;. The van der Waals surface area contributed by atoms with E-state index in [0.29, 0.717) is 0 Å². The van der Waals surface area contributed by atoms with Gasteiger partial charge < -0.3 is 41.5 Å². The first kappa shape index (κ1) is 42.7. The van der Waals surface area contributed by atoms with Gasteiger partial charge in [-0.05, 0) is 25.9 Å². The molecule has 0 aromatic heterocycles. The third kappa shape index (κ3) is 24.2. The average Bonchev–Trinajstić information content (AvgIpc) is 2.81. The summed E-state index contributed by atoms with van der Waals surface area (Å²) in [6.07, 6.45) is 12.8. The van der Waals surface area contributed by atoms with Gasteiger partial charge in [0.15, 0.2) is 0 Å². The van der Waals surface area contributed by atoms with Crippen molar-refractivity contribution in [2.45, 2.75) is 19.3 Å². The fourth-order valence-electron chi connectivity index (χ4n) is 1.35. The van der Waals surface area contributed by atoms with Gasteiger partial charge in [0.2, 0.25) is 0 Å². The Bertz CT molecular complexity index is 158. The number of allylic oxidation sites excluding steroid dienone is 4. The van der Waals surface area contributed by atoms with Crippen molar-refractivity contribution >= 4 is 24.8 Å². The van der Waals surface area contributed by atoms with E-state index in [-0.39, 0.29) is 76.2 Å². The van der Waals surface area contributed by atoms with Gasteiger partial charge in [0.25, 0.3) is 0 Å². The maximum atomic E-state index is 3.79. The molecule has 1 aliphatic heterocycles. The molecule has 1 saturated heterocycles. The van der Waals surface area contributed by atoms with Gasteiger partial charge in [0.1, 0.15) is 0 Å². The molecular weight excluding hydrogens is 313 g/mol. The van der Waals surface area contributed by atoms with Crippen LogP contribution in [-0.2, 0) is 21.7 Å². The molecule has 0 saturated carbocycles. The van der Waals surface area contributed by atoms with Crippen LogP contribution in [0.3, 0.4) is 0 Å². The second kappa shape index (κ2) is 31.2. The normalized spacial score (nSPS) is 13.3. The maximum Gasteiger partial charge on any atom is 0 e. The number of hydrogen-bond acceptors (Lipinski definition) is 1. The van der Waals surface area contributed by atoms with Gasteiger partial charge in [0, 0.05) is 21.7 Å². The zero-order valence-corrected chi connectivity index (χ0v) is 16.1. The predicted octanol–water partition coefficient (Wildman–Crippen LogP) is 4.86. The van der Waals surface area contributed by atoms with Gasteiger partial charge in [-0.15, -0.1) is 37.8 Å². The molecule has 2 aliphatic rings. The van der Waals surface area contributed by atoms with E-state index in [1.807, 2.05) is 12.2 Å². The van der Waals surface area contributed by atoms with Crippen molar-refractivity contribution in [2.24, 2.45) is 0 Å². The Labute approximate surface area is 151 Å². The number of likely N-dealkylation sites (tertiary alicyclic amines) is 1.